The maximum absolute atomic E-state index is 12.0. The summed E-state index contributed by atoms with van der Waals surface area (Å²) in [6.07, 6.45) is 1.47. The molecular formula is C17H22N2O4. The summed E-state index contributed by atoms with van der Waals surface area (Å²) in [5.74, 6) is 1.04. The quantitative estimate of drug-likeness (QED) is 0.732. The molecule has 124 valence electrons. The number of rotatable bonds is 7. The van der Waals surface area contributed by atoms with Crippen molar-refractivity contribution in [2.75, 3.05) is 18.5 Å². The highest BCUT2D eigenvalue weighted by Gasteiger charge is 2.13. The van der Waals surface area contributed by atoms with Crippen LogP contribution in [0.2, 0.25) is 0 Å². The Morgan fingerprint density at radius 3 is 2.91 bits per heavy atom. The van der Waals surface area contributed by atoms with Crippen LogP contribution in [0.1, 0.15) is 30.8 Å². The number of aryl methyl sites for hydroxylation is 1. The highest BCUT2D eigenvalue weighted by molar-refractivity contribution is 5.91. The van der Waals surface area contributed by atoms with E-state index in [2.05, 4.69) is 10.6 Å². The number of carbonyl (C=O) groups excluding carboxylic acids is 1. The van der Waals surface area contributed by atoms with E-state index < -0.39 is 12.1 Å². The van der Waals surface area contributed by atoms with Crippen molar-refractivity contribution in [2.24, 2.45) is 0 Å². The number of aliphatic hydroxyl groups excluding tert-OH is 1. The van der Waals surface area contributed by atoms with Crippen LogP contribution < -0.4 is 15.4 Å². The summed E-state index contributed by atoms with van der Waals surface area (Å²) in [5.41, 5.74) is 1.64. The molecule has 0 spiro atoms. The number of urea groups is 1. The smallest absolute Gasteiger partial charge is 0.319 e. The number of aliphatic hydroxyl groups is 1. The molecule has 1 aromatic carbocycles. The average Bonchev–Trinajstić information content (AvgIpc) is 3.07. The van der Waals surface area contributed by atoms with Crippen molar-refractivity contribution in [1.29, 1.82) is 0 Å². The molecule has 0 aliphatic carbocycles. The molecule has 6 nitrogen and oxygen atoms in total. The molecule has 0 aliphatic rings. The largest absolute Gasteiger partial charge is 0.491 e. The third-order valence-corrected chi connectivity index (χ3v) is 3.17. The Labute approximate surface area is 135 Å². The Morgan fingerprint density at radius 2 is 2.22 bits per heavy atom. The van der Waals surface area contributed by atoms with Gasteiger partial charge in [-0.1, -0.05) is 13.0 Å². The zero-order valence-electron chi connectivity index (χ0n) is 13.3. The van der Waals surface area contributed by atoms with Gasteiger partial charge in [0, 0.05) is 0 Å². The summed E-state index contributed by atoms with van der Waals surface area (Å²) in [7, 11) is 0. The lowest BCUT2D eigenvalue weighted by Crippen LogP contribution is -2.32. The summed E-state index contributed by atoms with van der Waals surface area (Å²) >= 11 is 0. The molecule has 0 saturated carbocycles. The van der Waals surface area contributed by atoms with Gasteiger partial charge in [0.2, 0.25) is 0 Å². The standard InChI is InChI=1S/C17H22N2O4/c1-3-8-22-16-10-12(2)6-7-13(16)19-17(21)18-11-14(20)15-5-4-9-23-15/h4-7,9-10,14,20H,3,8,11H2,1-2H3,(H2,18,19,21). The van der Waals surface area contributed by atoms with Crippen LogP contribution in [0, 0.1) is 6.92 Å². The molecule has 1 atom stereocenters. The van der Waals surface area contributed by atoms with Crippen LogP contribution in [-0.4, -0.2) is 24.3 Å². The molecule has 2 aromatic rings. The van der Waals surface area contributed by atoms with Gasteiger partial charge in [-0.25, -0.2) is 4.79 Å². The molecule has 0 bridgehead atoms. The van der Waals surface area contributed by atoms with Crippen LogP contribution in [0.3, 0.4) is 0 Å². The second-order valence-corrected chi connectivity index (χ2v) is 5.21. The van der Waals surface area contributed by atoms with Crippen molar-refractivity contribution in [2.45, 2.75) is 26.4 Å². The van der Waals surface area contributed by atoms with Crippen molar-refractivity contribution in [3.05, 3.63) is 47.9 Å². The van der Waals surface area contributed by atoms with Crippen LogP contribution in [0.4, 0.5) is 10.5 Å². The van der Waals surface area contributed by atoms with E-state index in [4.69, 9.17) is 9.15 Å². The summed E-state index contributed by atoms with van der Waals surface area (Å²) in [6, 6.07) is 8.49. The second kappa shape index (κ2) is 8.24. The van der Waals surface area contributed by atoms with Crippen molar-refractivity contribution in [3.63, 3.8) is 0 Å². The van der Waals surface area contributed by atoms with Crippen molar-refractivity contribution >= 4 is 11.7 Å². The Balaban J connectivity index is 1.91. The van der Waals surface area contributed by atoms with Crippen LogP contribution in [0.25, 0.3) is 0 Å². The lowest BCUT2D eigenvalue weighted by molar-refractivity contribution is 0.149. The molecule has 2 rings (SSSR count). The van der Waals surface area contributed by atoms with E-state index in [0.717, 1.165) is 12.0 Å². The summed E-state index contributed by atoms with van der Waals surface area (Å²) in [4.78, 5) is 12.0. The van der Waals surface area contributed by atoms with Crippen molar-refractivity contribution in [1.82, 2.24) is 5.32 Å². The van der Waals surface area contributed by atoms with E-state index in [9.17, 15) is 9.90 Å². The van der Waals surface area contributed by atoms with Gasteiger partial charge < -0.3 is 24.9 Å². The van der Waals surface area contributed by atoms with Gasteiger partial charge >= 0.3 is 6.03 Å². The average molecular weight is 318 g/mol. The van der Waals surface area contributed by atoms with Crippen molar-refractivity contribution in [3.8, 4) is 5.75 Å². The van der Waals surface area contributed by atoms with E-state index in [1.165, 1.54) is 6.26 Å². The molecule has 1 unspecified atom stereocenters. The number of furan rings is 1. The molecule has 23 heavy (non-hydrogen) atoms. The normalized spacial score (nSPS) is 11.8. The minimum Gasteiger partial charge on any atom is -0.491 e. The fourth-order valence-corrected chi connectivity index (χ4v) is 2.00. The van der Waals surface area contributed by atoms with Crippen LogP contribution in [0.5, 0.6) is 5.75 Å². The first kappa shape index (κ1) is 16.9. The molecule has 0 fully saturated rings. The second-order valence-electron chi connectivity index (χ2n) is 5.21. The van der Waals surface area contributed by atoms with Gasteiger partial charge in [0.05, 0.1) is 25.1 Å². The first-order valence-corrected chi connectivity index (χ1v) is 7.60. The molecular weight excluding hydrogens is 296 g/mol. The predicted molar refractivity (Wildman–Crippen MR) is 87.7 cm³/mol. The van der Waals surface area contributed by atoms with E-state index in [-0.39, 0.29) is 6.54 Å². The number of benzene rings is 1. The van der Waals surface area contributed by atoms with Crippen LogP contribution in [0.15, 0.2) is 41.0 Å². The van der Waals surface area contributed by atoms with E-state index in [1.807, 2.05) is 26.0 Å². The first-order chi connectivity index (χ1) is 11.1. The third-order valence-electron chi connectivity index (χ3n) is 3.17. The van der Waals surface area contributed by atoms with Crippen LogP contribution >= 0.6 is 0 Å². The van der Waals surface area contributed by atoms with Gasteiger partial charge in [-0.05, 0) is 43.2 Å². The minimum absolute atomic E-state index is 0.0519. The summed E-state index contributed by atoms with van der Waals surface area (Å²) < 4.78 is 10.7. The maximum atomic E-state index is 12.0. The Morgan fingerprint density at radius 1 is 1.39 bits per heavy atom. The number of nitrogens with one attached hydrogen (secondary N) is 2. The third kappa shape index (κ3) is 5.03. The van der Waals surface area contributed by atoms with Gasteiger partial charge in [0.25, 0.3) is 0 Å². The molecule has 6 heteroatoms. The number of hydrogen-bond donors (Lipinski definition) is 3. The molecule has 0 radical (unpaired) electrons. The zero-order valence-corrected chi connectivity index (χ0v) is 13.3. The fourth-order valence-electron chi connectivity index (χ4n) is 2.00. The number of carbonyl (C=O) groups is 1. The maximum Gasteiger partial charge on any atom is 0.319 e. The minimum atomic E-state index is -0.885. The highest BCUT2D eigenvalue weighted by Crippen LogP contribution is 2.25. The van der Waals surface area contributed by atoms with Gasteiger partial charge in [0.15, 0.2) is 0 Å². The van der Waals surface area contributed by atoms with Gasteiger partial charge in [-0.2, -0.15) is 0 Å². The molecule has 0 saturated heterocycles. The molecule has 2 amide bonds. The SMILES string of the molecule is CCCOc1cc(C)ccc1NC(=O)NCC(O)c1ccco1. The number of ether oxygens (including phenoxy) is 1. The molecule has 3 N–H and O–H groups in total. The number of hydrogen-bond acceptors (Lipinski definition) is 4. The van der Waals surface area contributed by atoms with E-state index in [0.29, 0.717) is 23.8 Å². The highest BCUT2D eigenvalue weighted by atomic mass is 16.5. The van der Waals surface area contributed by atoms with E-state index in [1.54, 1.807) is 18.2 Å². The number of amides is 2. The topological polar surface area (TPSA) is 83.7 Å². The zero-order chi connectivity index (χ0) is 16.7. The Hall–Kier alpha value is -2.47. The van der Waals surface area contributed by atoms with Crippen LogP contribution in [-0.2, 0) is 0 Å². The molecule has 1 heterocycles. The monoisotopic (exact) mass is 318 g/mol. The molecule has 1 aromatic heterocycles. The first-order valence-electron chi connectivity index (χ1n) is 7.60. The lowest BCUT2D eigenvalue weighted by Gasteiger charge is -2.14. The van der Waals surface area contributed by atoms with Gasteiger partial charge in [0.1, 0.15) is 17.6 Å². The van der Waals surface area contributed by atoms with Gasteiger partial charge in [-0.3, -0.25) is 0 Å². The van der Waals surface area contributed by atoms with Crippen molar-refractivity contribution < 1.29 is 19.1 Å². The number of anilines is 1. The lowest BCUT2D eigenvalue weighted by atomic mass is 10.2. The summed E-state index contributed by atoms with van der Waals surface area (Å²) in [6.45, 7) is 4.61. The van der Waals surface area contributed by atoms with E-state index >= 15 is 0 Å². The van der Waals surface area contributed by atoms with Gasteiger partial charge in [-0.15, -0.1) is 0 Å². The Bertz CT molecular complexity index is 626. The summed E-state index contributed by atoms with van der Waals surface area (Å²) in [5, 5.41) is 15.2. The Kier molecular flexibility index (Phi) is 6.05. The predicted octanol–water partition coefficient (Wildman–Crippen LogP) is 3.23. The fraction of sp³-hybridized carbons (Fsp3) is 0.353. The molecule has 0 aliphatic heterocycles.